The van der Waals surface area contributed by atoms with Crippen LogP contribution >= 0.6 is 0 Å². The molecule has 1 aliphatic rings. The Morgan fingerprint density at radius 1 is 0.383 bits per heavy atom. The van der Waals surface area contributed by atoms with E-state index in [9.17, 15) is 33.8 Å². The van der Waals surface area contributed by atoms with Gasteiger partial charge in [0.25, 0.3) is 0 Å². The van der Waals surface area contributed by atoms with Crippen LogP contribution in [0.15, 0.2) is 72.8 Å². The number of allylic oxidation sites excluding steroid dienone is 4. The molecule has 0 amide bonds. The number of hydrogen-bond acceptors (Lipinski definition) is 2. The topological polar surface area (TPSA) is 12.5 Å². The normalized spacial score (nSPS) is 15.0. The van der Waals surface area contributed by atoms with Crippen molar-refractivity contribution in [1.82, 2.24) is 4.58 Å². The van der Waals surface area contributed by atoms with Crippen LogP contribution in [0.4, 0.5) is 56.5 Å². The van der Waals surface area contributed by atoms with E-state index in [0.29, 0.717) is 0 Å². The molecule has 0 aliphatic heterocycles. The monoisotopic (exact) mass is 1100 g/mol. The molecule has 0 atom stereocenters. The number of benzene rings is 2. The van der Waals surface area contributed by atoms with Gasteiger partial charge in [0.15, 0.2) is 5.71 Å². The number of unbranched alkanes of at least 4 members (excludes halogenated alkanes) is 6. The molecule has 348 valence electrons. The van der Waals surface area contributed by atoms with Crippen molar-refractivity contribution in [3.8, 4) is 0 Å². The van der Waals surface area contributed by atoms with Crippen LogP contribution in [0.5, 0.6) is 0 Å². The Kier molecular flexibility index (Phi) is 21.2. The summed E-state index contributed by atoms with van der Waals surface area (Å²) >= 11 is -22.5. The van der Waals surface area contributed by atoms with E-state index >= 15 is 0 Å². The first-order chi connectivity index (χ1) is 27.5. The van der Waals surface area contributed by atoms with Gasteiger partial charge in [-0.1, -0.05) is 80.1 Å². The first kappa shape index (κ1) is 55.7. The van der Waals surface area contributed by atoms with Crippen molar-refractivity contribution < 1.29 is 38.3 Å². The van der Waals surface area contributed by atoms with Gasteiger partial charge < -0.3 is 9.80 Å². The molecule has 4 nitrogen and oxygen atoms in total. The van der Waals surface area contributed by atoms with Gasteiger partial charge in [0.05, 0.1) is 0 Å². The Morgan fingerprint density at radius 3 is 0.883 bits per heavy atom. The molecule has 2 aromatic carbocycles. The van der Waals surface area contributed by atoms with Crippen LogP contribution in [-0.2, 0) is 0 Å². The summed E-state index contributed by atoms with van der Waals surface area (Å²) in [6, 6.07) is 18.7. The Labute approximate surface area is 354 Å². The summed E-state index contributed by atoms with van der Waals surface area (Å²) in [5, 5.41) is 0. The van der Waals surface area contributed by atoms with Crippen molar-refractivity contribution in [3.63, 3.8) is 0 Å². The van der Waals surface area contributed by atoms with E-state index in [2.05, 4.69) is 133 Å². The maximum atomic E-state index is 9.93. The molecule has 0 spiro atoms. The molecule has 0 bridgehead atoms. The average Bonchev–Trinajstić information content (AvgIpc) is 3.14. The van der Waals surface area contributed by atoms with Gasteiger partial charge in [-0.05, 0) is 49.9 Å². The first-order valence-electron chi connectivity index (χ1n) is 21.0. The molecule has 0 heterocycles. The van der Waals surface area contributed by atoms with Crippen molar-refractivity contribution in [1.29, 1.82) is 0 Å². The minimum absolute atomic E-state index is 1.13. The first-order valence-corrected chi connectivity index (χ1v) is 32.6. The molecule has 0 saturated heterocycles. The molecule has 0 radical (unpaired) electrons. The fraction of sp³-hybridized carbons (Fsp3) is 0.571. The van der Waals surface area contributed by atoms with Gasteiger partial charge in [0.1, 0.15) is 13.1 Å². The third kappa shape index (κ3) is 29.0. The Morgan fingerprint density at radius 2 is 0.633 bits per heavy atom. The van der Waals surface area contributed by atoms with Crippen LogP contribution in [0, 0.1) is 0 Å². The zero-order valence-electron chi connectivity index (χ0n) is 35.9. The fourth-order valence-electron chi connectivity index (χ4n) is 6.09. The van der Waals surface area contributed by atoms with Crippen LogP contribution in [-0.4, -0.2) is 94.2 Å². The van der Waals surface area contributed by atoms with Crippen LogP contribution in [0.3, 0.4) is 0 Å². The van der Waals surface area contributed by atoms with E-state index in [1.165, 1.54) is 111 Å². The summed E-state index contributed by atoms with van der Waals surface area (Å²) in [5.41, 5.74) is 7.62. The molecule has 0 fully saturated rings. The van der Waals surface area contributed by atoms with Gasteiger partial charge in [-0.3, -0.25) is 0 Å². The molecule has 1 aliphatic carbocycles. The third-order valence-electron chi connectivity index (χ3n) is 9.11. The molecule has 2 aromatic rings. The predicted molar refractivity (Wildman–Crippen MR) is 231 cm³/mol. The standard InChI is InChI=1S/C42H66N4.12FH.2Sb/c1-7-13-31-43(32-14-8-2)37-19-25-40(26-20-37)46(41-27-21-38(22-28-41)44(33-15-9-3)34-16-10-4)42-29-23-39(24-30-42)45(35-17-11-5)36-18-12-6;;;;;;;;;;;;;;/h19-30H,7-18,31-36H2,1-6H3;12*1H;;/q+2;;;;;;;;;;;;;2*+5/p-12. The molecule has 0 saturated carbocycles. The average molecular weight is 1100 g/mol. The van der Waals surface area contributed by atoms with Gasteiger partial charge in [0.2, 0.25) is 17.1 Å². The molecule has 3 rings (SSSR count). The fourth-order valence-corrected chi connectivity index (χ4v) is 6.09. The zero-order valence-corrected chi connectivity index (χ0v) is 41.0. The van der Waals surface area contributed by atoms with Gasteiger partial charge in [-0.25, -0.2) is 4.58 Å². The van der Waals surface area contributed by atoms with Gasteiger partial charge in [0, 0.05) is 99.0 Å². The molecule has 60 heavy (non-hydrogen) atoms. The second-order valence-corrected chi connectivity index (χ2v) is 25.8. The quantitative estimate of drug-likeness (QED) is 0.0504. The van der Waals surface area contributed by atoms with Crippen molar-refractivity contribution in [3.05, 3.63) is 72.8 Å². The molecular formula is C42H66F12N4Sb2. The summed E-state index contributed by atoms with van der Waals surface area (Å²) in [4.78, 5) is 5.15. The predicted octanol–water partition coefficient (Wildman–Crippen LogP) is 15.2. The van der Waals surface area contributed by atoms with Crippen molar-refractivity contribution in [2.24, 2.45) is 0 Å². The number of halogens is 12. The van der Waals surface area contributed by atoms with Crippen molar-refractivity contribution in [2.75, 3.05) is 49.1 Å². The third-order valence-corrected chi connectivity index (χ3v) is 9.11. The Balaban J connectivity index is 0.00000110. The van der Waals surface area contributed by atoms with Crippen LogP contribution in [0.25, 0.3) is 0 Å². The van der Waals surface area contributed by atoms with Gasteiger partial charge in [-0.15, -0.1) is 0 Å². The molecular weight excluding hydrogens is 1030 g/mol. The zero-order chi connectivity index (χ0) is 45.8. The second-order valence-electron chi connectivity index (χ2n) is 14.9. The van der Waals surface area contributed by atoms with Crippen LogP contribution in [0.1, 0.15) is 119 Å². The van der Waals surface area contributed by atoms with E-state index in [1.807, 2.05) is 0 Å². The molecule has 0 N–H and O–H groups in total. The van der Waals surface area contributed by atoms with E-state index in [4.69, 9.17) is 0 Å². The van der Waals surface area contributed by atoms with E-state index in [-0.39, 0.29) is 0 Å². The number of nitrogens with zero attached hydrogens (tertiary/aromatic N) is 4. The van der Waals surface area contributed by atoms with E-state index in [1.54, 1.807) is 0 Å². The van der Waals surface area contributed by atoms with Crippen LogP contribution in [0.2, 0.25) is 0 Å². The minimum atomic E-state index is -11.2. The second kappa shape index (κ2) is 22.8. The van der Waals surface area contributed by atoms with Crippen molar-refractivity contribution >= 4 is 73.1 Å². The summed E-state index contributed by atoms with van der Waals surface area (Å²) < 4.78 is 124. The molecule has 0 unspecified atom stereocenters. The summed E-state index contributed by atoms with van der Waals surface area (Å²) in [5.74, 6) is 0. The molecule has 0 aromatic heterocycles. The SMILES string of the molecule is CCCCN(CCCC)c1ccc([N+](=C2C=CC(=[N+](CCCC)CCCC)C=C2)c2ccc(N(CCCC)CCCC)cc2)cc1.[F][Sb-]([F])([F])([F])([F])[F].[F][Sb-]([F])([F])([F])([F])[F]. The van der Waals surface area contributed by atoms with E-state index in [0.717, 1.165) is 39.3 Å². The summed E-state index contributed by atoms with van der Waals surface area (Å²) in [6.07, 6.45) is 24.1. The van der Waals surface area contributed by atoms with Crippen LogP contribution < -0.4 is 14.4 Å². The summed E-state index contributed by atoms with van der Waals surface area (Å²) in [7, 11) is 0. The Hall–Kier alpha value is -2.34. The number of hydrogen-bond donors (Lipinski definition) is 0. The van der Waals surface area contributed by atoms with Gasteiger partial charge in [-0.2, -0.15) is 4.58 Å². The number of rotatable bonds is 22. The van der Waals surface area contributed by atoms with Gasteiger partial charge >= 0.3 is 72.7 Å². The number of anilines is 2. The van der Waals surface area contributed by atoms with E-state index < -0.39 is 39.0 Å². The van der Waals surface area contributed by atoms with Crippen molar-refractivity contribution in [2.45, 2.75) is 119 Å². The molecule has 18 heteroatoms. The summed E-state index contributed by atoms with van der Waals surface area (Å²) in [6.45, 7) is 20.5. The maximum absolute atomic E-state index is 11.2. The Bertz CT molecular complexity index is 1540.